The highest BCUT2D eigenvalue weighted by molar-refractivity contribution is 4.59. The summed E-state index contributed by atoms with van der Waals surface area (Å²) in [4.78, 5) is 0. The van der Waals surface area contributed by atoms with Crippen molar-refractivity contribution >= 4 is 0 Å². The first-order valence-corrected chi connectivity index (χ1v) is 1.91. The van der Waals surface area contributed by atoms with Gasteiger partial charge in [-0.25, -0.2) is 0 Å². The average molecular weight is 90.2 g/mol. The fourth-order valence-corrected chi connectivity index (χ4v) is 0.338. The molecule has 1 aliphatic heterocycles. The molecule has 0 radical (unpaired) electrons. The summed E-state index contributed by atoms with van der Waals surface area (Å²) in [5, 5.41) is 4.89. The van der Waals surface area contributed by atoms with Crippen molar-refractivity contribution in [3.8, 4) is 0 Å². The summed E-state index contributed by atoms with van der Waals surface area (Å²) >= 11 is 0. The van der Waals surface area contributed by atoms with Crippen molar-refractivity contribution in [1.29, 1.82) is 0 Å². The van der Waals surface area contributed by atoms with Gasteiger partial charge in [-0.2, -0.15) is 0 Å². The fourth-order valence-electron chi connectivity index (χ4n) is 0.338. The van der Waals surface area contributed by atoms with Crippen molar-refractivity contribution in [2.45, 2.75) is 0 Å². The molecule has 1 fully saturated rings. The zero-order valence-electron chi connectivity index (χ0n) is 7.41. The van der Waals surface area contributed by atoms with Crippen LogP contribution in [0.3, 0.4) is 0 Å². The van der Waals surface area contributed by atoms with Gasteiger partial charge in [0.1, 0.15) is 0 Å². The molecule has 0 spiro atoms. The van der Waals surface area contributed by atoms with Gasteiger partial charge < -0.3 is 10.6 Å². The third kappa shape index (κ3) is 0.954. The first-order chi connectivity index (χ1) is 4.41. The average Bonchev–Trinajstić information content (AvgIpc) is 1.56. The van der Waals surface area contributed by atoms with E-state index in [4.69, 9.17) is 5.48 Å². The molecule has 1 saturated heterocycles. The van der Waals surface area contributed by atoms with Crippen LogP contribution in [-0.4, -0.2) is 26.1 Å². The molecule has 0 bridgehead atoms. The van der Waals surface area contributed by atoms with Gasteiger partial charge in [-0.1, -0.05) is 0 Å². The normalized spacial score (nSPS) is 50.7. The molecule has 2 heteroatoms. The van der Waals surface area contributed by atoms with Gasteiger partial charge in [0.2, 0.25) is 0 Å². The van der Waals surface area contributed by atoms with Crippen LogP contribution < -0.4 is 10.6 Å². The van der Waals surface area contributed by atoms with Crippen LogP contribution in [0.25, 0.3) is 0 Å². The highest BCUT2D eigenvalue weighted by Gasteiger charge is 1.91. The van der Waals surface area contributed by atoms with E-state index in [0.717, 1.165) is 0 Å². The van der Waals surface area contributed by atoms with E-state index in [1.807, 2.05) is 0 Å². The molecule has 0 unspecified atom stereocenters. The molecular formula is C4H10N2. The van der Waals surface area contributed by atoms with Gasteiger partial charge in [-0.15, -0.1) is 0 Å². The van der Waals surface area contributed by atoms with Crippen LogP contribution in [0.15, 0.2) is 0 Å². The lowest BCUT2D eigenvalue weighted by Gasteiger charge is -2.11. The van der Waals surface area contributed by atoms with Gasteiger partial charge in [-0.3, -0.25) is 0 Å². The van der Waals surface area contributed by atoms with Crippen LogP contribution in [-0.2, 0) is 0 Å². The van der Waals surface area contributed by atoms with E-state index in [9.17, 15) is 0 Å². The molecule has 2 N–H and O–H groups in total. The van der Waals surface area contributed by atoms with Crippen molar-refractivity contribution in [3.05, 3.63) is 0 Å². The molecular weight excluding hydrogens is 76.1 g/mol. The molecule has 0 atom stereocenters. The lowest BCUT2D eigenvalue weighted by molar-refractivity contribution is 0.534. The highest BCUT2D eigenvalue weighted by Crippen LogP contribution is 1.65. The molecule has 0 aromatic carbocycles. The Labute approximate surface area is 43.5 Å². The van der Waals surface area contributed by atoms with Crippen molar-refractivity contribution < 1.29 is 5.48 Å². The highest BCUT2D eigenvalue weighted by atomic mass is 15.0. The third-order valence-electron chi connectivity index (χ3n) is 0.604. The topological polar surface area (TPSA) is 24.1 Å². The molecule has 1 rings (SSSR count). The monoisotopic (exact) mass is 90.1 g/mol. The quantitative estimate of drug-likeness (QED) is 0.406. The lowest BCUT2D eigenvalue weighted by Crippen LogP contribution is -2.39. The number of piperazine rings is 1. The second-order valence-electron chi connectivity index (χ2n) is 1.08. The minimum atomic E-state index is -1.62. The smallest absolute Gasteiger partial charge is 0.0441 e. The standard InChI is InChI=1S/C4H10N2/c1-2-6-4-3-5-1/h5-6H,1-4H2/i1D2,3D2. The maximum Gasteiger partial charge on any atom is 0.0441 e. The van der Waals surface area contributed by atoms with E-state index < -0.39 is 13.0 Å². The molecule has 0 aromatic heterocycles. The van der Waals surface area contributed by atoms with Crippen molar-refractivity contribution in [3.63, 3.8) is 0 Å². The van der Waals surface area contributed by atoms with Crippen LogP contribution in [0, 0.1) is 0 Å². The summed E-state index contributed by atoms with van der Waals surface area (Å²) in [6.45, 7) is -2.93. The first kappa shape index (κ1) is 1.46. The van der Waals surface area contributed by atoms with E-state index in [-0.39, 0.29) is 13.1 Å². The second kappa shape index (κ2) is 2.16. The van der Waals surface area contributed by atoms with Crippen molar-refractivity contribution in [2.24, 2.45) is 0 Å². The van der Waals surface area contributed by atoms with Gasteiger partial charge in [0.15, 0.2) is 0 Å². The Bertz CT molecular complexity index is 121. The maximum atomic E-state index is 7.13. The van der Waals surface area contributed by atoms with E-state index in [1.165, 1.54) is 0 Å². The molecule has 0 aromatic rings. The van der Waals surface area contributed by atoms with Gasteiger partial charge >= 0.3 is 0 Å². The summed E-state index contributed by atoms with van der Waals surface area (Å²) in [5.41, 5.74) is 0. The Balaban J connectivity index is 2.56. The van der Waals surface area contributed by atoms with E-state index >= 15 is 0 Å². The molecule has 1 aliphatic rings. The Morgan fingerprint density at radius 1 is 1.17 bits per heavy atom. The van der Waals surface area contributed by atoms with Gasteiger partial charge in [0, 0.05) is 31.6 Å². The van der Waals surface area contributed by atoms with Gasteiger partial charge in [0.05, 0.1) is 0 Å². The Hall–Kier alpha value is -0.0800. The molecule has 2 nitrogen and oxygen atoms in total. The second-order valence-corrected chi connectivity index (χ2v) is 1.08. The van der Waals surface area contributed by atoms with Crippen molar-refractivity contribution in [2.75, 3.05) is 26.1 Å². The SMILES string of the molecule is [2H]C1([2H])CNCC([2H])([2H])N1. The van der Waals surface area contributed by atoms with Crippen LogP contribution in [0.5, 0.6) is 0 Å². The molecule has 36 valence electrons. The molecule has 0 amide bonds. The largest absolute Gasteiger partial charge is 0.314 e. The van der Waals surface area contributed by atoms with Crippen LogP contribution >= 0.6 is 0 Å². The molecule has 0 aliphatic carbocycles. The summed E-state index contributed by atoms with van der Waals surface area (Å²) in [6.07, 6.45) is 0. The van der Waals surface area contributed by atoms with Crippen LogP contribution in [0.1, 0.15) is 5.48 Å². The maximum absolute atomic E-state index is 7.13. The van der Waals surface area contributed by atoms with Crippen LogP contribution in [0.2, 0.25) is 0 Å². The predicted octanol–water partition coefficient (Wildman–Crippen LogP) is -0.821. The van der Waals surface area contributed by atoms with Gasteiger partial charge in [0.25, 0.3) is 0 Å². The van der Waals surface area contributed by atoms with Crippen LogP contribution in [0.4, 0.5) is 0 Å². The predicted molar refractivity (Wildman–Crippen MR) is 25.7 cm³/mol. The fraction of sp³-hybridized carbons (Fsp3) is 1.00. The first-order valence-electron chi connectivity index (χ1n) is 3.91. The zero-order valence-corrected chi connectivity index (χ0v) is 3.41. The Morgan fingerprint density at radius 3 is 2.17 bits per heavy atom. The Morgan fingerprint density at radius 2 is 1.83 bits per heavy atom. The number of hydrogen-bond donors (Lipinski definition) is 2. The summed E-state index contributed by atoms with van der Waals surface area (Å²) in [6, 6.07) is 0. The molecule has 6 heavy (non-hydrogen) atoms. The van der Waals surface area contributed by atoms with E-state index in [0.29, 0.717) is 0 Å². The minimum absolute atomic E-state index is 0.159. The summed E-state index contributed by atoms with van der Waals surface area (Å²) in [5.74, 6) is 0. The zero-order chi connectivity index (χ0) is 7.83. The lowest BCUT2D eigenvalue weighted by atomic mass is 10.4. The number of rotatable bonds is 0. The Kier molecular flexibility index (Phi) is 0.524. The number of nitrogens with one attached hydrogen (secondary N) is 2. The third-order valence-corrected chi connectivity index (χ3v) is 0.604. The van der Waals surface area contributed by atoms with E-state index in [1.54, 1.807) is 0 Å². The van der Waals surface area contributed by atoms with Gasteiger partial charge in [-0.05, 0) is 0 Å². The number of hydrogen-bond acceptors (Lipinski definition) is 2. The molecule has 1 heterocycles. The van der Waals surface area contributed by atoms with E-state index in [2.05, 4.69) is 10.6 Å². The summed E-state index contributed by atoms with van der Waals surface area (Å²) < 4.78 is 28.5. The summed E-state index contributed by atoms with van der Waals surface area (Å²) in [7, 11) is 0. The van der Waals surface area contributed by atoms with Crippen molar-refractivity contribution in [1.82, 2.24) is 10.6 Å². The molecule has 0 saturated carbocycles. The minimum Gasteiger partial charge on any atom is -0.314 e.